The van der Waals surface area contributed by atoms with Crippen molar-refractivity contribution in [3.05, 3.63) is 130 Å². The number of halogens is 1. The Labute approximate surface area is 269 Å². The number of benzene rings is 4. The van der Waals surface area contributed by atoms with Gasteiger partial charge in [0.05, 0.1) is 10.6 Å². The molecule has 230 valence electrons. The molecule has 44 heavy (non-hydrogen) atoms. The Hall–Kier alpha value is -3.95. The van der Waals surface area contributed by atoms with E-state index in [-0.39, 0.29) is 23.8 Å². The van der Waals surface area contributed by atoms with Crippen LogP contribution >= 0.6 is 15.9 Å². The summed E-state index contributed by atoms with van der Waals surface area (Å²) in [4.78, 5) is 29.8. The molecule has 4 rings (SSSR count). The average molecular weight is 677 g/mol. The molecule has 0 heterocycles. The second-order valence-corrected chi connectivity index (χ2v) is 13.4. The van der Waals surface area contributed by atoms with Gasteiger partial charge in [-0.1, -0.05) is 108 Å². The lowest BCUT2D eigenvalue weighted by Crippen LogP contribution is -2.53. The lowest BCUT2D eigenvalue weighted by Gasteiger charge is -2.34. The maximum absolute atomic E-state index is 14.4. The minimum Gasteiger partial charge on any atom is -0.354 e. The first kappa shape index (κ1) is 33.0. The monoisotopic (exact) mass is 675 g/mol. The van der Waals surface area contributed by atoms with Crippen LogP contribution in [0.15, 0.2) is 119 Å². The van der Waals surface area contributed by atoms with Crippen molar-refractivity contribution < 1.29 is 18.0 Å². The molecule has 0 bridgehead atoms. The van der Waals surface area contributed by atoms with Crippen molar-refractivity contribution in [1.29, 1.82) is 0 Å². The van der Waals surface area contributed by atoms with E-state index in [0.29, 0.717) is 12.2 Å². The molecule has 9 heteroatoms. The van der Waals surface area contributed by atoms with E-state index in [1.165, 1.54) is 17.0 Å². The number of amides is 2. The smallest absolute Gasteiger partial charge is 0.264 e. The molecule has 7 nitrogen and oxygen atoms in total. The van der Waals surface area contributed by atoms with Crippen molar-refractivity contribution in [3.8, 4) is 0 Å². The largest absolute Gasteiger partial charge is 0.354 e. The van der Waals surface area contributed by atoms with Gasteiger partial charge in [0.25, 0.3) is 10.0 Å². The number of nitrogens with zero attached hydrogens (tertiary/aromatic N) is 2. The van der Waals surface area contributed by atoms with Crippen molar-refractivity contribution in [2.24, 2.45) is 0 Å². The highest BCUT2D eigenvalue weighted by Gasteiger charge is 2.34. The Morgan fingerprint density at radius 3 is 2.05 bits per heavy atom. The summed E-state index contributed by atoms with van der Waals surface area (Å²) in [6.45, 7) is 4.16. The molecule has 0 radical (unpaired) electrons. The molecule has 2 amide bonds. The number of carbonyl (C=O) groups is 2. The van der Waals surface area contributed by atoms with Gasteiger partial charge in [-0.2, -0.15) is 0 Å². The van der Waals surface area contributed by atoms with Gasteiger partial charge < -0.3 is 10.2 Å². The Balaban J connectivity index is 1.77. The summed E-state index contributed by atoms with van der Waals surface area (Å²) in [6.07, 6.45) is 2.00. The van der Waals surface area contributed by atoms with Crippen LogP contribution in [0.2, 0.25) is 0 Å². The summed E-state index contributed by atoms with van der Waals surface area (Å²) in [5, 5.41) is 3.01. The van der Waals surface area contributed by atoms with E-state index < -0.39 is 28.5 Å². The van der Waals surface area contributed by atoms with Gasteiger partial charge >= 0.3 is 0 Å². The molecule has 0 unspecified atom stereocenters. The molecule has 0 saturated carbocycles. The lowest BCUT2D eigenvalue weighted by molar-refractivity contribution is -0.140. The summed E-state index contributed by atoms with van der Waals surface area (Å²) < 4.78 is 29.9. The fraction of sp³-hybridized carbons (Fsp3) is 0.257. The second-order valence-electron chi connectivity index (χ2n) is 10.7. The van der Waals surface area contributed by atoms with Crippen molar-refractivity contribution in [3.63, 3.8) is 0 Å². The van der Waals surface area contributed by atoms with Crippen LogP contribution in [0.1, 0.15) is 36.5 Å². The van der Waals surface area contributed by atoms with Gasteiger partial charge in [-0.15, -0.1) is 0 Å². The van der Waals surface area contributed by atoms with Gasteiger partial charge in [-0.3, -0.25) is 13.9 Å². The number of carbonyl (C=O) groups excluding carboxylic acids is 2. The van der Waals surface area contributed by atoms with Crippen molar-refractivity contribution >= 4 is 43.5 Å². The van der Waals surface area contributed by atoms with Gasteiger partial charge in [0, 0.05) is 24.0 Å². The molecule has 1 atom stereocenters. The van der Waals surface area contributed by atoms with Gasteiger partial charge in [-0.05, 0) is 60.9 Å². The highest BCUT2D eigenvalue weighted by Crippen LogP contribution is 2.26. The standard InChI is InChI=1S/C35H38BrN3O4S/c1-3-4-23-37-35(41)33(24-28-11-7-5-8-12-28)38(25-29-17-15-27(2)16-18-29)34(40)26-39(31-21-19-30(36)20-22-31)44(42,43)32-13-9-6-10-14-32/h5-22,33H,3-4,23-26H2,1-2H3,(H,37,41)/t33-/m1/s1. The fourth-order valence-electron chi connectivity index (χ4n) is 4.81. The molecule has 4 aromatic carbocycles. The Morgan fingerprint density at radius 1 is 0.818 bits per heavy atom. The van der Waals surface area contributed by atoms with E-state index >= 15 is 0 Å². The number of hydrogen-bond acceptors (Lipinski definition) is 4. The first-order valence-electron chi connectivity index (χ1n) is 14.7. The minimum absolute atomic E-state index is 0.0685. The molecular weight excluding hydrogens is 638 g/mol. The minimum atomic E-state index is -4.13. The number of nitrogens with one attached hydrogen (secondary N) is 1. The number of aryl methyl sites for hydroxylation is 1. The molecule has 0 spiro atoms. The van der Waals surface area contributed by atoms with Crippen LogP contribution in [0.4, 0.5) is 5.69 Å². The lowest BCUT2D eigenvalue weighted by atomic mass is 10.0. The van der Waals surface area contributed by atoms with Crippen LogP contribution in [0, 0.1) is 6.92 Å². The molecular formula is C35H38BrN3O4S. The van der Waals surface area contributed by atoms with Crippen molar-refractivity contribution in [1.82, 2.24) is 10.2 Å². The topological polar surface area (TPSA) is 86.8 Å². The summed E-state index contributed by atoms with van der Waals surface area (Å²) in [7, 11) is -4.13. The zero-order valence-corrected chi connectivity index (χ0v) is 27.4. The molecule has 1 N–H and O–H groups in total. The van der Waals surface area contributed by atoms with Crippen LogP contribution in [0.25, 0.3) is 0 Å². The van der Waals surface area contributed by atoms with E-state index in [0.717, 1.165) is 38.3 Å². The molecule has 4 aromatic rings. The van der Waals surface area contributed by atoms with Crippen molar-refractivity contribution in [2.45, 2.75) is 50.6 Å². The van der Waals surface area contributed by atoms with E-state index in [9.17, 15) is 18.0 Å². The third kappa shape index (κ3) is 8.80. The quantitative estimate of drug-likeness (QED) is 0.154. The van der Waals surface area contributed by atoms with E-state index in [4.69, 9.17) is 0 Å². The Bertz CT molecular complexity index is 1610. The summed E-state index contributed by atoms with van der Waals surface area (Å²) in [5.41, 5.74) is 3.14. The van der Waals surface area contributed by atoms with Crippen LogP contribution in [-0.4, -0.2) is 44.3 Å². The number of anilines is 1. The third-order valence-electron chi connectivity index (χ3n) is 7.30. The summed E-state index contributed by atoms with van der Waals surface area (Å²) in [6, 6.07) is 31.3. The van der Waals surface area contributed by atoms with E-state index in [1.54, 1.807) is 42.5 Å². The Kier molecular flexibility index (Phi) is 11.7. The molecule has 0 fully saturated rings. The van der Waals surface area contributed by atoms with Gasteiger partial charge in [0.2, 0.25) is 11.8 Å². The highest BCUT2D eigenvalue weighted by atomic mass is 79.9. The normalized spacial score (nSPS) is 11.9. The Morgan fingerprint density at radius 2 is 1.43 bits per heavy atom. The first-order valence-corrected chi connectivity index (χ1v) is 16.9. The number of unbranched alkanes of at least 4 members (excludes halogenated alkanes) is 1. The van der Waals surface area contributed by atoms with Crippen LogP contribution in [0.3, 0.4) is 0 Å². The highest BCUT2D eigenvalue weighted by molar-refractivity contribution is 9.10. The predicted molar refractivity (Wildman–Crippen MR) is 179 cm³/mol. The predicted octanol–water partition coefficient (Wildman–Crippen LogP) is 6.51. The molecule has 0 saturated heterocycles. The molecule has 0 aliphatic heterocycles. The SMILES string of the molecule is CCCCNC(=O)[C@@H](Cc1ccccc1)N(Cc1ccc(C)cc1)C(=O)CN(c1ccc(Br)cc1)S(=O)(=O)c1ccccc1. The van der Waals surface area contributed by atoms with Crippen LogP contribution < -0.4 is 9.62 Å². The molecule has 0 aliphatic carbocycles. The fourth-order valence-corrected chi connectivity index (χ4v) is 6.51. The number of sulfonamides is 1. The van der Waals surface area contributed by atoms with Gasteiger partial charge in [0.15, 0.2) is 0 Å². The van der Waals surface area contributed by atoms with Crippen LogP contribution in [-0.2, 0) is 32.6 Å². The average Bonchev–Trinajstić information content (AvgIpc) is 3.03. The van der Waals surface area contributed by atoms with Gasteiger partial charge in [-0.25, -0.2) is 8.42 Å². The maximum atomic E-state index is 14.4. The molecule has 0 aliphatic rings. The zero-order valence-electron chi connectivity index (χ0n) is 25.0. The van der Waals surface area contributed by atoms with Crippen LogP contribution in [0.5, 0.6) is 0 Å². The van der Waals surface area contributed by atoms with E-state index in [1.807, 2.05) is 68.4 Å². The maximum Gasteiger partial charge on any atom is 0.264 e. The number of hydrogen-bond donors (Lipinski definition) is 1. The van der Waals surface area contributed by atoms with Gasteiger partial charge in [0.1, 0.15) is 12.6 Å². The van der Waals surface area contributed by atoms with E-state index in [2.05, 4.69) is 21.2 Å². The molecule has 0 aromatic heterocycles. The second kappa shape index (κ2) is 15.7. The van der Waals surface area contributed by atoms with Crippen molar-refractivity contribution in [2.75, 3.05) is 17.4 Å². The zero-order chi connectivity index (χ0) is 31.5. The third-order valence-corrected chi connectivity index (χ3v) is 9.62. The first-order chi connectivity index (χ1) is 21.2. The summed E-state index contributed by atoms with van der Waals surface area (Å²) in [5.74, 6) is -0.761. The number of rotatable bonds is 14. The summed E-state index contributed by atoms with van der Waals surface area (Å²) >= 11 is 3.41.